The van der Waals surface area contributed by atoms with Crippen LogP contribution in [0.2, 0.25) is 0 Å². The summed E-state index contributed by atoms with van der Waals surface area (Å²) in [6, 6.07) is 13.3. The molecule has 1 atom stereocenters. The van der Waals surface area contributed by atoms with E-state index >= 15 is 0 Å². The minimum absolute atomic E-state index is 0.0259. The van der Waals surface area contributed by atoms with Gasteiger partial charge in [-0.15, -0.1) is 0 Å². The molecular formula is C17H17NO5S. The topological polar surface area (TPSA) is 83.9 Å². The summed E-state index contributed by atoms with van der Waals surface area (Å²) in [6.45, 7) is 1.41. The Hall–Kier alpha value is -2.38. The lowest BCUT2D eigenvalue weighted by Gasteiger charge is -2.20. The van der Waals surface area contributed by atoms with Crippen molar-refractivity contribution in [3.63, 3.8) is 0 Å². The second-order valence-corrected chi connectivity index (χ2v) is 7.40. The summed E-state index contributed by atoms with van der Waals surface area (Å²) in [4.78, 5) is 12.2. The van der Waals surface area contributed by atoms with E-state index in [0.29, 0.717) is 10.1 Å². The first-order valence-electron chi connectivity index (χ1n) is 7.44. The average Bonchev–Trinajstić information content (AvgIpc) is 2.76. The quantitative estimate of drug-likeness (QED) is 0.888. The van der Waals surface area contributed by atoms with Gasteiger partial charge in [-0.1, -0.05) is 30.3 Å². The molecule has 0 bridgehead atoms. The Morgan fingerprint density at radius 2 is 1.79 bits per heavy atom. The van der Waals surface area contributed by atoms with Crippen LogP contribution < -0.4 is 4.74 Å². The molecule has 6 nitrogen and oxygen atoms in total. The number of amides is 1. The molecule has 1 heterocycles. The fourth-order valence-corrected chi connectivity index (χ4v) is 4.17. The molecule has 0 radical (unpaired) electrons. The van der Waals surface area contributed by atoms with Gasteiger partial charge in [0.15, 0.2) is 0 Å². The van der Waals surface area contributed by atoms with Crippen LogP contribution in [0.15, 0.2) is 53.4 Å². The molecule has 0 aromatic heterocycles. The third-order valence-corrected chi connectivity index (χ3v) is 5.62. The van der Waals surface area contributed by atoms with Crippen molar-refractivity contribution in [1.82, 2.24) is 4.31 Å². The monoisotopic (exact) mass is 347 g/mol. The lowest BCUT2D eigenvalue weighted by Crippen LogP contribution is -2.39. The van der Waals surface area contributed by atoms with E-state index in [-0.39, 0.29) is 23.6 Å². The molecule has 1 aliphatic rings. The highest BCUT2D eigenvalue weighted by Gasteiger charge is 2.41. The van der Waals surface area contributed by atoms with Crippen LogP contribution in [-0.4, -0.2) is 43.0 Å². The molecule has 3 rings (SSSR count). The maximum Gasteiger partial charge on any atom is 0.269 e. The zero-order valence-electron chi connectivity index (χ0n) is 13.0. The van der Waals surface area contributed by atoms with E-state index in [2.05, 4.69) is 0 Å². The van der Waals surface area contributed by atoms with Crippen LogP contribution >= 0.6 is 0 Å². The number of sulfonamides is 1. The summed E-state index contributed by atoms with van der Waals surface area (Å²) in [5.41, 5.74) is 1.03. The van der Waals surface area contributed by atoms with Crippen LogP contribution in [0.5, 0.6) is 5.75 Å². The van der Waals surface area contributed by atoms with Gasteiger partial charge in [-0.05, 0) is 30.7 Å². The molecule has 1 aliphatic heterocycles. The first-order chi connectivity index (χ1) is 11.4. The number of carbonyl (C=O) groups excluding carboxylic acids is 1. The van der Waals surface area contributed by atoms with Crippen molar-refractivity contribution in [2.45, 2.75) is 17.9 Å². The lowest BCUT2D eigenvalue weighted by atomic mass is 10.2. The van der Waals surface area contributed by atoms with Crippen molar-refractivity contribution in [3.05, 3.63) is 59.7 Å². The van der Waals surface area contributed by atoms with E-state index in [1.807, 2.05) is 19.1 Å². The minimum Gasteiger partial charge on any atom is -0.491 e. The van der Waals surface area contributed by atoms with Gasteiger partial charge in [0, 0.05) is 0 Å². The van der Waals surface area contributed by atoms with Crippen LogP contribution in [0.4, 0.5) is 0 Å². The second-order valence-electron chi connectivity index (χ2n) is 5.57. The van der Waals surface area contributed by atoms with Crippen molar-refractivity contribution in [1.29, 1.82) is 0 Å². The highest BCUT2D eigenvalue weighted by Crippen LogP contribution is 2.30. The van der Waals surface area contributed by atoms with Gasteiger partial charge >= 0.3 is 0 Å². The average molecular weight is 347 g/mol. The number of aliphatic hydroxyl groups is 1. The fourth-order valence-electron chi connectivity index (χ4n) is 2.56. The standard InChI is InChI=1S/C17H17NO5S/c1-12-6-2-4-8-15(12)23-11-13(19)10-18-17(20)14-7-3-5-9-16(14)24(18,21)22/h2-9,13,19H,10-11H2,1H3. The van der Waals surface area contributed by atoms with Crippen LogP contribution in [0.25, 0.3) is 0 Å². The van der Waals surface area contributed by atoms with E-state index in [1.54, 1.807) is 24.3 Å². The van der Waals surface area contributed by atoms with Crippen molar-refractivity contribution in [3.8, 4) is 5.75 Å². The minimum atomic E-state index is -3.91. The number of β-amino-alcohol motifs (C(OH)–C–C–N with tert-alkyl or cyclic N) is 1. The molecular weight excluding hydrogens is 330 g/mol. The van der Waals surface area contributed by atoms with E-state index in [4.69, 9.17) is 4.74 Å². The highest BCUT2D eigenvalue weighted by atomic mass is 32.2. The third kappa shape index (κ3) is 2.88. The molecule has 1 amide bonds. The van der Waals surface area contributed by atoms with Gasteiger partial charge in [0.05, 0.1) is 12.1 Å². The third-order valence-electron chi connectivity index (χ3n) is 3.81. The van der Waals surface area contributed by atoms with Crippen molar-refractivity contribution >= 4 is 15.9 Å². The van der Waals surface area contributed by atoms with Crippen LogP contribution in [-0.2, 0) is 10.0 Å². The molecule has 0 fully saturated rings. The van der Waals surface area contributed by atoms with Gasteiger partial charge in [-0.3, -0.25) is 4.79 Å². The fraction of sp³-hybridized carbons (Fsp3) is 0.235. The van der Waals surface area contributed by atoms with Gasteiger partial charge in [0.25, 0.3) is 15.9 Å². The molecule has 126 valence electrons. The zero-order chi connectivity index (χ0) is 17.3. The highest BCUT2D eigenvalue weighted by molar-refractivity contribution is 7.90. The molecule has 2 aromatic carbocycles. The SMILES string of the molecule is Cc1ccccc1OCC(O)CN1C(=O)c2ccccc2S1(=O)=O. The number of benzene rings is 2. The Labute approximate surface area is 140 Å². The van der Waals surface area contributed by atoms with Gasteiger partial charge in [0.1, 0.15) is 23.4 Å². The Morgan fingerprint density at radius 1 is 1.12 bits per heavy atom. The summed E-state index contributed by atoms with van der Waals surface area (Å²) >= 11 is 0. The number of rotatable bonds is 5. The van der Waals surface area contributed by atoms with Crippen LogP contribution in [0.1, 0.15) is 15.9 Å². The van der Waals surface area contributed by atoms with Crippen LogP contribution in [0.3, 0.4) is 0 Å². The lowest BCUT2D eigenvalue weighted by molar-refractivity contribution is 0.0686. The number of hydrogen-bond acceptors (Lipinski definition) is 5. The molecule has 0 saturated carbocycles. The number of para-hydroxylation sites is 1. The molecule has 1 unspecified atom stereocenters. The maximum atomic E-state index is 12.4. The number of aryl methyl sites for hydroxylation is 1. The van der Waals surface area contributed by atoms with E-state index in [0.717, 1.165) is 5.56 Å². The summed E-state index contributed by atoms with van der Waals surface area (Å²) in [6.07, 6.45) is -1.13. The van der Waals surface area contributed by atoms with Crippen molar-refractivity contribution < 1.29 is 23.1 Å². The van der Waals surface area contributed by atoms with Gasteiger partial charge in [-0.25, -0.2) is 12.7 Å². The zero-order valence-corrected chi connectivity index (χ0v) is 13.9. The number of ether oxygens (including phenoxy) is 1. The van der Waals surface area contributed by atoms with E-state index < -0.39 is 22.0 Å². The summed E-state index contributed by atoms with van der Waals surface area (Å²) in [5, 5.41) is 10.1. The molecule has 0 aliphatic carbocycles. The van der Waals surface area contributed by atoms with E-state index in [1.165, 1.54) is 12.1 Å². The summed E-state index contributed by atoms with van der Waals surface area (Å²) in [7, 11) is -3.91. The molecule has 0 spiro atoms. The smallest absolute Gasteiger partial charge is 0.269 e. The molecule has 7 heteroatoms. The summed E-state index contributed by atoms with van der Waals surface area (Å²) in [5.74, 6) is -0.0176. The van der Waals surface area contributed by atoms with Gasteiger partial charge < -0.3 is 9.84 Å². The molecule has 2 aromatic rings. The Balaban J connectivity index is 1.70. The van der Waals surface area contributed by atoms with Crippen molar-refractivity contribution in [2.24, 2.45) is 0 Å². The molecule has 0 saturated heterocycles. The number of hydrogen-bond donors (Lipinski definition) is 1. The van der Waals surface area contributed by atoms with E-state index in [9.17, 15) is 18.3 Å². The number of aliphatic hydroxyl groups excluding tert-OH is 1. The number of carbonyl (C=O) groups is 1. The Morgan fingerprint density at radius 3 is 2.50 bits per heavy atom. The van der Waals surface area contributed by atoms with Crippen molar-refractivity contribution in [2.75, 3.05) is 13.2 Å². The summed E-state index contributed by atoms with van der Waals surface area (Å²) < 4.78 is 31.0. The predicted molar refractivity (Wildman–Crippen MR) is 87.3 cm³/mol. The Bertz CT molecular complexity index is 878. The second kappa shape index (κ2) is 6.26. The largest absolute Gasteiger partial charge is 0.491 e. The Kier molecular flexibility index (Phi) is 4.29. The first kappa shape index (κ1) is 16.5. The maximum absolute atomic E-state index is 12.4. The predicted octanol–water partition coefficient (Wildman–Crippen LogP) is 1.58. The molecule has 1 N–H and O–H groups in total. The molecule has 24 heavy (non-hydrogen) atoms. The normalized spacial score (nSPS) is 16.8. The first-order valence-corrected chi connectivity index (χ1v) is 8.88. The van der Waals surface area contributed by atoms with Gasteiger partial charge in [-0.2, -0.15) is 0 Å². The number of nitrogens with zero attached hydrogens (tertiary/aromatic N) is 1. The van der Waals surface area contributed by atoms with Gasteiger partial charge in [0.2, 0.25) is 0 Å². The van der Waals surface area contributed by atoms with Crippen LogP contribution in [0, 0.1) is 6.92 Å². The number of fused-ring (bicyclic) bond motifs is 1.